The van der Waals surface area contributed by atoms with E-state index in [0.29, 0.717) is 22.6 Å². The lowest BCUT2D eigenvalue weighted by Gasteiger charge is -2.18. The van der Waals surface area contributed by atoms with Crippen molar-refractivity contribution in [3.05, 3.63) is 81.5 Å². The highest BCUT2D eigenvalue weighted by Gasteiger charge is 2.19. The Morgan fingerprint density at radius 3 is 2.69 bits per heavy atom. The monoisotopic (exact) mass is 439 g/mol. The molecular formula is C24H26FN3O4. The SMILES string of the molecule is COc1cccc(C(C)NC(=O)Cn2c(-c3cccc(F)c3)nc(C)c(CCO)c2=O)c1. The molecule has 0 spiro atoms. The summed E-state index contributed by atoms with van der Waals surface area (Å²) in [5.41, 5.74) is 1.55. The predicted molar refractivity (Wildman–Crippen MR) is 119 cm³/mol. The van der Waals surface area contributed by atoms with E-state index in [-0.39, 0.29) is 31.4 Å². The Morgan fingerprint density at radius 2 is 2.00 bits per heavy atom. The van der Waals surface area contributed by atoms with Gasteiger partial charge in [0.25, 0.3) is 5.56 Å². The topological polar surface area (TPSA) is 93.4 Å². The Balaban J connectivity index is 1.95. The van der Waals surface area contributed by atoms with Crippen LogP contribution in [0.15, 0.2) is 53.3 Å². The minimum atomic E-state index is -0.475. The number of hydrogen-bond donors (Lipinski definition) is 2. The van der Waals surface area contributed by atoms with Gasteiger partial charge in [0, 0.05) is 29.8 Å². The lowest BCUT2D eigenvalue weighted by molar-refractivity contribution is -0.122. The number of rotatable bonds is 8. The van der Waals surface area contributed by atoms with Crippen LogP contribution in [0.3, 0.4) is 0 Å². The summed E-state index contributed by atoms with van der Waals surface area (Å²) >= 11 is 0. The third-order valence-corrected chi connectivity index (χ3v) is 5.19. The Labute approximate surface area is 185 Å². The minimum Gasteiger partial charge on any atom is -0.497 e. The summed E-state index contributed by atoms with van der Waals surface area (Å²) in [6.07, 6.45) is 0.114. The molecule has 3 aromatic rings. The Bertz CT molecular complexity index is 1180. The van der Waals surface area contributed by atoms with Gasteiger partial charge in [-0.15, -0.1) is 0 Å². The fourth-order valence-electron chi connectivity index (χ4n) is 3.52. The van der Waals surface area contributed by atoms with Crippen molar-refractivity contribution < 1.29 is 19.0 Å². The van der Waals surface area contributed by atoms with Gasteiger partial charge in [0.1, 0.15) is 23.9 Å². The molecule has 0 saturated heterocycles. The second-order valence-corrected chi connectivity index (χ2v) is 7.44. The van der Waals surface area contributed by atoms with E-state index in [1.54, 1.807) is 20.1 Å². The number of nitrogens with zero attached hydrogens (tertiary/aromatic N) is 2. The average Bonchev–Trinajstić information content (AvgIpc) is 2.78. The molecule has 0 aliphatic carbocycles. The number of methoxy groups -OCH3 is 1. The molecule has 0 aliphatic rings. The molecule has 1 unspecified atom stereocenters. The molecule has 32 heavy (non-hydrogen) atoms. The number of benzene rings is 2. The first kappa shape index (κ1) is 23.1. The van der Waals surface area contributed by atoms with Crippen molar-refractivity contribution in [2.24, 2.45) is 0 Å². The van der Waals surface area contributed by atoms with Crippen LogP contribution in [0, 0.1) is 12.7 Å². The Morgan fingerprint density at radius 1 is 1.25 bits per heavy atom. The van der Waals surface area contributed by atoms with E-state index >= 15 is 0 Å². The van der Waals surface area contributed by atoms with Gasteiger partial charge >= 0.3 is 0 Å². The van der Waals surface area contributed by atoms with Crippen LogP contribution in [0.5, 0.6) is 5.75 Å². The first-order chi connectivity index (χ1) is 15.3. The van der Waals surface area contributed by atoms with Crippen molar-refractivity contribution >= 4 is 5.91 Å². The highest BCUT2D eigenvalue weighted by molar-refractivity contribution is 5.77. The molecular weight excluding hydrogens is 413 g/mol. The Hall–Kier alpha value is -3.52. The van der Waals surface area contributed by atoms with E-state index in [2.05, 4.69) is 10.3 Å². The molecule has 1 atom stereocenters. The number of aryl methyl sites for hydroxylation is 1. The standard InChI is InChI=1S/C24H26FN3O4/c1-15(17-6-5-9-20(13-17)32-3)26-22(30)14-28-23(18-7-4-8-19(25)12-18)27-16(2)21(10-11-29)24(28)31/h4-9,12-13,15,29H,10-11,14H2,1-3H3,(H,26,30). The van der Waals surface area contributed by atoms with E-state index in [9.17, 15) is 19.1 Å². The van der Waals surface area contributed by atoms with Crippen molar-refractivity contribution in [3.63, 3.8) is 0 Å². The zero-order valence-corrected chi connectivity index (χ0v) is 18.3. The summed E-state index contributed by atoms with van der Waals surface area (Å²) in [5.74, 6) is -0.0142. The number of halogens is 1. The number of hydrogen-bond acceptors (Lipinski definition) is 5. The molecule has 0 bridgehead atoms. The Kier molecular flexibility index (Phi) is 7.37. The van der Waals surface area contributed by atoms with Gasteiger partial charge < -0.3 is 15.2 Å². The summed E-state index contributed by atoms with van der Waals surface area (Å²) < 4.78 is 20.3. The van der Waals surface area contributed by atoms with Crippen molar-refractivity contribution in [2.45, 2.75) is 32.9 Å². The van der Waals surface area contributed by atoms with Gasteiger partial charge in [0.15, 0.2) is 0 Å². The quantitative estimate of drug-likeness (QED) is 0.563. The molecule has 1 aromatic heterocycles. The van der Waals surface area contributed by atoms with E-state index in [4.69, 9.17) is 4.74 Å². The van der Waals surface area contributed by atoms with Crippen LogP contribution >= 0.6 is 0 Å². The normalized spacial score (nSPS) is 11.8. The third-order valence-electron chi connectivity index (χ3n) is 5.19. The van der Waals surface area contributed by atoms with Crippen molar-refractivity contribution in [1.29, 1.82) is 0 Å². The summed E-state index contributed by atoms with van der Waals surface area (Å²) in [6, 6.07) is 12.7. The van der Waals surface area contributed by atoms with Crippen LogP contribution < -0.4 is 15.6 Å². The van der Waals surface area contributed by atoms with Crippen LogP contribution in [0.4, 0.5) is 4.39 Å². The second kappa shape index (κ2) is 10.2. The van der Waals surface area contributed by atoms with Gasteiger partial charge in [-0.3, -0.25) is 14.2 Å². The van der Waals surface area contributed by atoms with Crippen LogP contribution in [0.25, 0.3) is 11.4 Å². The maximum atomic E-state index is 13.8. The van der Waals surface area contributed by atoms with Gasteiger partial charge in [-0.25, -0.2) is 9.37 Å². The van der Waals surface area contributed by atoms with Crippen LogP contribution in [0.2, 0.25) is 0 Å². The van der Waals surface area contributed by atoms with Gasteiger partial charge in [-0.1, -0.05) is 24.3 Å². The summed E-state index contributed by atoms with van der Waals surface area (Å²) in [7, 11) is 1.57. The molecule has 0 fully saturated rings. The number of aliphatic hydroxyl groups excluding tert-OH is 1. The molecule has 2 aromatic carbocycles. The molecule has 2 N–H and O–H groups in total. The van der Waals surface area contributed by atoms with Crippen molar-refractivity contribution in [2.75, 3.05) is 13.7 Å². The van der Waals surface area contributed by atoms with Crippen LogP contribution in [-0.2, 0) is 17.8 Å². The molecule has 7 nitrogen and oxygen atoms in total. The molecule has 1 heterocycles. The fraction of sp³-hybridized carbons (Fsp3) is 0.292. The number of carbonyl (C=O) groups is 1. The molecule has 0 saturated carbocycles. The maximum Gasteiger partial charge on any atom is 0.257 e. The van der Waals surface area contributed by atoms with E-state index < -0.39 is 17.3 Å². The smallest absolute Gasteiger partial charge is 0.257 e. The summed E-state index contributed by atoms with van der Waals surface area (Å²) in [6.45, 7) is 2.96. The molecule has 1 amide bonds. The zero-order chi connectivity index (χ0) is 23.3. The van der Waals surface area contributed by atoms with E-state index in [0.717, 1.165) is 5.56 Å². The number of aliphatic hydroxyl groups is 1. The van der Waals surface area contributed by atoms with Gasteiger partial charge in [0.2, 0.25) is 5.91 Å². The van der Waals surface area contributed by atoms with Gasteiger partial charge in [0.05, 0.1) is 13.2 Å². The maximum absolute atomic E-state index is 13.8. The van der Waals surface area contributed by atoms with Gasteiger partial charge in [-0.2, -0.15) is 0 Å². The summed E-state index contributed by atoms with van der Waals surface area (Å²) in [4.78, 5) is 30.5. The first-order valence-corrected chi connectivity index (χ1v) is 10.2. The number of aromatic nitrogens is 2. The van der Waals surface area contributed by atoms with E-state index in [1.165, 1.54) is 22.8 Å². The minimum absolute atomic E-state index is 0.114. The highest BCUT2D eigenvalue weighted by atomic mass is 19.1. The molecule has 8 heteroatoms. The van der Waals surface area contributed by atoms with Crippen molar-refractivity contribution in [1.82, 2.24) is 14.9 Å². The molecule has 168 valence electrons. The predicted octanol–water partition coefficient (Wildman–Crippen LogP) is 2.78. The molecule has 0 radical (unpaired) electrons. The average molecular weight is 439 g/mol. The zero-order valence-electron chi connectivity index (χ0n) is 18.3. The van der Waals surface area contributed by atoms with Gasteiger partial charge in [-0.05, 0) is 43.7 Å². The number of ether oxygens (including phenoxy) is 1. The van der Waals surface area contributed by atoms with E-state index in [1.807, 2.05) is 31.2 Å². The number of amides is 1. The lowest BCUT2D eigenvalue weighted by Crippen LogP contribution is -2.36. The second-order valence-electron chi connectivity index (χ2n) is 7.44. The lowest BCUT2D eigenvalue weighted by atomic mass is 10.1. The number of nitrogens with one attached hydrogen (secondary N) is 1. The third kappa shape index (κ3) is 5.20. The largest absolute Gasteiger partial charge is 0.497 e. The summed E-state index contributed by atoms with van der Waals surface area (Å²) in [5, 5.41) is 12.2. The highest BCUT2D eigenvalue weighted by Crippen LogP contribution is 2.20. The molecule has 3 rings (SSSR count). The van der Waals surface area contributed by atoms with Crippen molar-refractivity contribution in [3.8, 4) is 17.1 Å². The van der Waals surface area contributed by atoms with Crippen LogP contribution in [0.1, 0.15) is 29.8 Å². The first-order valence-electron chi connectivity index (χ1n) is 10.2. The molecule has 0 aliphatic heterocycles. The number of carbonyl (C=O) groups excluding carboxylic acids is 1. The van der Waals surface area contributed by atoms with Crippen LogP contribution in [-0.4, -0.2) is 34.3 Å². The fourth-order valence-corrected chi connectivity index (χ4v) is 3.52.